The van der Waals surface area contributed by atoms with Gasteiger partial charge in [0.1, 0.15) is 5.78 Å². The summed E-state index contributed by atoms with van der Waals surface area (Å²) in [4.78, 5) is 12.6. The highest BCUT2D eigenvalue weighted by Crippen LogP contribution is 2.64. The van der Waals surface area contributed by atoms with E-state index >= 15 is 0 Å². The Hall–Kier alpha value is -0.756. The molecule has 4 aliphatic rings. The highest BCUT2D eigenvalue weighted by atomic mass is 28.4. The smallest absolute Gasteiger partial charge is 0.192 e. The van der Waals surface area contributed by atoms with E-state index in [0.717, 1.165) is 25.7 Å². The summed E-state index contributed by atoms with van der Waals surface area (Å²) in [6.45, 7) is 30.3. The van der Waals surface area contributed by atoms with Crippen LogP contribution in [-0.4, -0.2) is 34.6 Å². The largest absolute Gasteiger partial charge is 0.414 e. The molecule has 4 aliphatic carbocycles. The number of hydrogen-bond acceptors (Lipinski definition) is 3. The van der Waals surface area contributed by atoms with Crippen LogP contribution in [0, 0.1) is 28.6 Å². The number of allylic oxidation sites excluding steroid dienone is 5. The molecule has 38 heavy (non-hydrogen) atoms. The molecular formula is C33H56O3Si2. The van der Waals surface area contributed by atoms with Gasteiger partial charge in [-0.1, -0.05) is 90.8 Å². The van der Waals surface area contributed by atoms with Gasteiger partial charge in [0.25, 0.3) is 0 Å². The van der Waals surface area contributed by atoms with Gasteiger partial charge in [0.05, 0.1) is 12.2 Å². The zero-order chi connectivity index (χ0) is 28.7. The molecule has 214 valence electrons. The summed E-state index contributed by atoms with van der Waals surface area (Å²) in [7, 11) is -3.92. The van der Waals surface area contributed by atoms with E-state index in [1.807, 2.05) is 0 Å². The third-order valence-corrected chi connectivity index (χ3v) is 21.1. The van der Waals surface area contributed by atoms with Crippen LogP contribution >= 0.6 is 0 Å². The number of fused-ring (bicyclic) bond motifs is 5. The van der Waals surface area contributed by atoms with E-state index in [9.17, 15) is 4.79 Å². The lowest BCUT2D eigenvalue weighted by Gasteiger charge is -2.59. The Kier molecular flexibility index (Phi) is 7.46. The van der Waals surface area contributed by atoms with E-state index in [1.54, 1.807) is 6.92 Å². The molecule has 3 unspecified atom stereocenters. The maximum atomic E-state index is 12.6. The van der Waals surface area contributed by atoms with Crippen molar-refractivity contribution in [1.82, 2.24) is 0 Å². The van der Waals surface area contributed by atoms with E-state index in [0.29, 0.717) is 17.6 Å². The standard InChI is InChI=1S/C33H56O3Si2/c1-22(34)26-16-17-27-25-15-14-23-20-24(35-37(10,11)30(2,3)4)21-29(36-38(12,13)31(5,6)7)33(23,9)28(25)18-19-32(26,27)8/h14-17,24,26-29H,18-21H2,1-13H3/t24-,26?,27?,28?,29+,32-,33+/m1/s1. The molecule has 0 N–H and O–H groups in total. The van der Waals surface area contributed by atoms with Crippen LogP contribution in [0.4, 0.5) is 0 Å². The first-order valence-electron chi connectivity index (χ1n) is 15.1. The van der Waals surface area contributed by atoms with E-state index in [2.05, 4.69) is 106 Å². The second kappa shape index (κ2) is 9.39. The lowest BCUT2D eigenvalue weighted by atomic mass is 9.49. The molecule has 0 saturated heterocycles. The molecule has 0 spiro atoms. The molecule has 4 rings (SSSR count). The summed E-state index contributed by atoms with van der Waals surface area (Å²) >= 11 is 0. The van der Waals surface area contributed by atoms with Gasteiger partial charge < -0.3 is 8.85 Å². The molecule has 2 saturated carbocycles. The average Bonchev–Trinajstić information content (AvgIpc) is 3.10. The highest BCUT2D eigenvalue weighted by molar-refractivity contribution is 6.74. The topological polar surface area (TPSA) is 35.5 Å². The molecule has 5 heteroatoms. The molecule has 0 aromatic heterocycles. The molecule has 0 aromatic carbocycles. The lowest BCUT2D eigenvalue weighted by Crippen LogP contribution is -2.58. The summed E-state index contributed by atoms with van der Waals surface area (Å²) < 4.78 is 14.5. The monoisotopic (exact) mass is 556 g/mol. The Balaban J connectivity index is 1.75. The van der Waals surface area contributed by atoms with Crippen molar-refractivity contribution in [3.8, 4) is 0 Å². The van der Waals surface area contributed by atoms with Crippen molar-refractivity contribution >= 4 is 22.4 Å². The van der Waals surface area contributed by atoms with Crippen molar-refractivity contribution in [2.24, 2.45) is 28.6 Å². The quantitative estimate of drug-likeness (QED) is 0.250. The minimum atomic E-state index is -2.01. The van der Waals surface area contributed by atoms with E-state index in [1.165, 1.54) is 11.1 Å². The van der Waals surface area contributed by atoms with Crippen LogP contribution < -0.4 is 0 Å². The van der Waals surface area contributed by atoms with Crippen LogP contribution in [0.25, 0.3) is 0 Å². The van der Waals surface area contributed by atoms with Gasteiger partial charge in [0.15, 0.2) is 16.6 Å². The Labute approximate surface area is 236 Å². The van der Waals surface area contributed by atoms with Crippen LogP contribution in [0.2, 0.25) is 36.3 Å². The number of ketones is 1. The molecule has 0 aromatic rings. The predicted molar refractivity (Wildman–Crippen MR) is 165 cm³/mol. The number of hydrogen-bond donors (Lipinski definition) is 0. The number of carbonyl (C=O) groups is 1. The van der Waals surface area contributed by atoms with Gasteiger partial charge in [-0.2, -0.15) is 0 Å². The van der Waals surface area contributed by atoms with E-state index in [4.69, 9.17) is 8.85 Å². The van der Waals surface area contributed by atoms with E-state index < -0.39 is 16.6 Å². The zero-order valence-corrected chi connectivity index (χ0v) is 28.7. The van der Waals surface area contributed by atoms with Crippen LogP contribution in [0.5, 0.6) is 0 Å². The highest BCUT2D eigenvalue weighted by Gasteiger charge is 2.60. The van der Waals surface area contributed by atoms with Gasteiger partial charge in [-0.3, -0.25) is 4.79 Å². The van der Waals surface area contributed by atoms with Crippen LogP contribution in [0.15, 0.2) is 35.5 Å². The van der Waals surface area contributed by atoms with Crippen LogP contribution in [-0.2, 0) is 13.6 Å². The first kappa shape index (κ1) is 30.2. The van der Waals surface area contributed by atoms with Gasteiger partial charge in [0, 0.05) is 17.3 Å². The second-order valence-corrected chi connectivity index (χ2v) is 26.0. The fourth-order valence-corrected chi connectivity index (χ4v) is 10.3. The Morgan fingerprint density at radius 2 is 1.50 bits per heavy atom. The lowest BCUT2D eigenvalue weighted by molar-refractivity contribution is -0.123. The van der Waals surface area contributed by atoms with Crippen molar-refractivity contribution in [2.45, 2.75) is 136 Å². The first-order chi connectivity index (χ1) is 17.1. The van der Waals surface area contributed by atoms with Gasteiger partial charge in [-0.25, -0.2) is 0 Å². The zero-order valence-electron chi connectivity index (χ0n) is 26.7. The Morgan fingerprint density at radius 1 is 0.921 bits per heavy atom. The summed E-state index contributed by atoms with van der Waals surface area (Å²) in [5, 5.41) is 0.343. The van der Waals surface area contributed by atoms with Crippen molar-refractivity contribution in [3.63, 3.8) is 0 Å². The Bertz CT molecular complexity index is 1050. The van der Waals surface area contributed by atoms with Gasteiger partial charge in [0.2, 0.25) is 0 Å². The fourth-order valence-electron chi connectivity index (χ4n) is 7.48. The summed E-state index contributed by atoms with van der Waals surface area (Å²) in [5.41, 5.74) is 3.04. The molecule has 0 radical (unpaired) electrons. The Morgan fingerprint density at radius 3 is 2.05 bits per heavy atom. The molecule has 7 atom stereocenters. The minimum Gasteiger partial charge on any atom is -0.414 e. The fraction of sp³-hybridized carbons (Fsp3) is 0.788. The number of Topliss-reactive ketones (excluding diaryl/α,β-unsaturated/α-hetero) is 1. The molecule has 2 fully saturated rings. The molecule has 0 heterocycles. The molecule has 3 nitrogen and oxygen atoms in total. The van der Waals surface area contributed by atoms with Crippen molar-refractivity contribution in [3.05, 3.63) is 35.5 Å². The normalized spacial score (nSPS) is 37.7. The summed E-state index contributed by atoms with van der Waals surface area (Å²) in [6, 6.07) is 0. The molecular weight excluding hydrogens is 501 g/mol. The maximum Gasteiger partial charge on any atom is 0.192 e. The molecule has 0 aliphatic heterocycles. The number of carbonyl (C=O) groups excluding carboxylic acids is 1. The van der Waals surface area contributed by atoms with Crippen molar-refractivity contribution < 1.29 is 13.6 Å². The maximum absolute atomic E-state index is 12.6. The third kappa shape index (κ3) is 4.75. The summed E-state index contributed by atoms with van der Waals surface area (Å²) in [6.07, 6.45) is 14.0. The van der Waals surface area contributed by atoms with Crippen LogP contribution in [0.1, 0.15) is 88.0 Å². The van der Waals surface area contributed by atoms with Crippen molar-refractivity contribution in [2.75, 3.05) is 0 Å². The van der Waals surface area contributed by atoms with Gasteiger partial charge in [-0.15, -0.1) is 0 Å². The average molecular weight is 557 g/mol. The van der Waals surface area contributed by atoms with Crippen LogP contribution in [0.3, 0.4) is 0 Å². The summed E-state index contributed by atoms with van der Waals surface area (Å²) in [5.74, 6) is 1.16. The van der Waals surface area contributed by atoms with Gasteiger partial charge in [-0.05, 0) is 80.2 Å². The first-order valence-corrected chi connectivity index (χ1v) is 20.9. The molecule has 0 bridgehead atoms. The third-order valence-electron chi connectivity index (χ3n) is 12.1. The molecule has 0 amide bonds. The second-order valence-electron chi connectivity index (χ2n) is 16.5. The van der Waals surface area contributed by atoms with Gasteiger partial charge >= 0.3 is 0 Å². The predicted octanol–water partition coefficient (Wildman–Crippen LogP) is 9.24. The van der Waals surface area contributed by atoms with Crippen molar-refractivity contribution in [1.29, 1.82) is 0 Å². The SMILES string of the molecule is CC(=O)C1C=CC2C3=CC=C4C[C@@H](O[Si](C)(C)C(C)(C)C)C[C@H](O[Si](C)(C)C(C)(C)C)[C@]4(C)C3CC[C@]12C. The minimum absolute atomic E-state index is 0.00823. The van der Waals surface area contributed by atoms with E-state index in [-0.39, 0.29) is 39.0 Å². The number of rotatable bonds is 5.